The van der Waals surface area contributed by atoms with Crippen LogP contribution in [0.2, 0.25) is 0 Å². The van der Waals surface area contributed by atoms with Gasteiger partial charge in [-0.3, -0.25) is 24.5 Å². The van der Waals surface area contributed by atoms with Gasteiger partial charge in [0, 0.05) is 29.8 Å². The number of primary amides is 1. The van der Waals surface area contributed by atoms with Crippen molar-refractivity contribution in [2.24, 2.45) is 11.5 Å². The summed E-state index contributed by atoms with van der Waals surface area (Å²) in [7, 11) is 0. The van der Waals surface area contributed by atoms with Gasteiger partial charge in [-0.05, 0) is 25.0 Å². The number of hydrogen-bond donors (Lipinski definition) is 3. The van der Waals surface area contributed by atoms with E-state index >= 15 is 0 Å². The Balaban J connectivity index is 1.93. The summed E-state index contributed by atoms with van der Waals surface area (Å²) in [6.07, 6.45) is 1.54. The molecule has 0 radical (unpaired) electrons. The molecule has 0 saturated carbocycles. The summed E-state index contributed by atoms with van der Waals surface area (Å²) in [4.78, 5) is 51.4. The number of hydrogen-bond acceptors (Lipinski definition) is 6. The second kappa shape index (κ2) is 7.97. The fourth-order valence-corrected chi connectivity index (χ4v) is 3.84. The van der Waals surface area contributed by atoms with Gasteiger partial charge < -0.3 is 21.3 Å². The van der Waals surface area contributed by atoms with E-state index in [1.807, 2.05) is 6.92 Å². The van der Waals surface area contributed by atoms with Crippen LogP contribution >= 0.6 is 0 Å². The SMILES string of the molecule is CCCC(N)N(CC(N)=O)c1cccc2c1CN(C1CCC(=O)NC1=O)C2=O. The molecule has 0 bridgehead atoms. The molecule has 1 fully saturated rings. The van der Waals surface area contributed by atoms with E-state index in [-0.39, 0.29) is 31.3 Å². The lowest BCUT2D eigenvalue weighted by Gasteiger charge is -2.32. The Morgan fingerprint density at radius 1 is 1.36 bits per heavy atom. The fourth-order valence-electron chi connectivity index (χ4n) is 3.84. The topological polar surface area (TPSA) is 139 Å². The van der Waals surface area contributed by atoms with Crippen LogP contribution in [0.1, 0.15) is 48.5 Å². The highest BCUT2D eigenvalue weighted by molar-refractivity contribution is 6.06. The molecule has 1 saturated heterocycles. The number of carbonyl (C=O) groups excluding carboxylic acids is 4. The third-order valence-electron chi connectivity index (χ3n) is 5.18. The Morgan fingerprint density at radius 3 is 2.75 bits per heavy atom. The van der Waals surface area contributed by atoms with Crippen LogP contribution in [-0.2, 0) is 20.9 Å². The zero-order chi connectivity index (χ0) is 20.4. The number of amides is 4. The van der Waals surface area contributed by atoms with Crippen LogP contribution in [0.5, 0.6) is 0 Å². The monoisotopic (exact) mass is 387 g/mol. The Kier molecular flexibility index (Phi) is 5.64. The summed E-state index contributed by atoms with van der Waals surface area (Å²) in [5.41, 5.74) is 13.5. The van der Waals surface area contributed by atoms with Crippen molar-refractivity contribution in [1.82, 2.24) is 10.2 Å². The molecule has 1 aromatic rings. The lowest BCUT2D eigenvalue weighted by molar-refractivity contribution is -0.137. The Morgan fingerprint density at radius 2 is 2.11 bits per heavy atom. The van der Waals surface area contributed by atoms with Crippen molar-refractivity contribution >= 4 is 29.3 Å². The minimum Gasteiger partial charge on any atom is -0.368 e. The number of fused-ring (bicyclic) bond motifs is 1. The van der Waals surface area contributed by atoms with E-state index < -0.39 is 24.0 Å². The molecule has 0 spiro atoms. The van der Waals surface area contributed by atoms with Gasteiger partial charge in [0.2, 0.25) is 17.7 Å². The van der Waals surface area contributed by atoms with Gasteiger partial charge in [0.05, 0.1) is 12.7 Å². The molecule has 9 nitrogen and oxygen atoms in total. The predicted octanol–water partition coefficient (Wildman–Crippen LogP) is -0.176. The summed E-state index contributed by atoms with van der Waals surface area (Å²) in [6, 6.07) is 4.53. The zero-order valence-electron chi connectivity index (χ0n) is 15.8. The van der Waals surface area contributed by atoms with Crippen LogP contribution in [0.4, 0.5) is 5.69 Å². The second-order valence-electron chi connectivity index (χ2n) is 7.15. The maximum absolute atomic E-state index is 12.9. The lowest BCUT2D eigenvalue weighted by Crippen LogP contribution is -2.52. The summed E-state index contributed by atoms with van der Waals surface area (Å²) in [6.45, 7) is 2.14. The first-order chi connectivity index (χ1) is 13.3. The average Bonchev–Trinajstić information content (AvgIpc) is 2.97. The zero-order valence-corrected chi connectivity index (χ0v) is 15.8. The van der Waals surface area contributed by atoms with Gasteiger partial charge in [0.15, 0.2) is 0 Å². The van der Waals surface area contributed by atoms with Crippen molar-refractivity contribution in [3.05, 3.63) is 29.3 Å². The van der Waals surface area contributed by atoms with Crippen LogP contribution in [0.15, 0.2) is 18.2 Å². The molecule has 0 aromatic heterocycles. The Labute approximate surface area is 163 Å². The number of rotatable bonds is 7. The number of nitrogens with zero attached hydrogens (tertiary/aromatic N) is 2. The first-order valence-corrected chi connectivity index (χ1v) is 9.40. The van der Waals surface area contributed by atoms with E-state index in [9.17, 15) is 19.2 Å². The first kappa shape index (κ1) is 19.8. The maximum atomic E-state index is 12.9. The van der Waals surface area contributed by atoms with Crippen molar-refractivity contribution in [2.75, 3.05) is 11.4 Å². The minimum atomic E-state index is -0.695. The number of nitrogens with one attached hydrogen (secondary N) is 1. The number of nitrogens with two attached hydrogens (primary N) is 2. The van der Waals surface area contributed by atoms with E-state index in [4.69, 9.17) is 11.5 Å². The lowest BCUT2D eigenvalue weighted by atomic mass is 10.0. The van der Waals surface area contributed by atoms with E-state index in [1.54, 1.807) is 23.1 Å². The molecule has 2 aliphatic heterocycles. The number of imide groups is 1. The highest BCUT2D eigenvalue weighted by atomic mass is 16.2. The molecule has 9 heteroatoms. The van der Waals surface area contributed by atoms with Crippen LogP contribution in [0, 0.1) is 0 Å². The number of piperidine rings is 1. The third kappa shape index (κ3) is 3.70. The number of benzene rings is 1. The molecule has 2 unspecified atom stereocenters. The van der Waals surface area contributed by atoms with E-state index in [2.05, 4.69) is 5.32 Å². The van der Waals surface area contributed by atoms with Gasteiger partial charge in [-0.15, -0.1) is 0 Å². The van der Waals surface area contributed by atoms with Crippen LogP contribution < -0.4 is 21.7 Å². The normalized spacial score (nSPS) is 20.0. The molecular formula is C19H25N5O4. The van der Waals surface area contributed by atoms with Crippen molar-refractivity contribution in [2.45, 2.75) is 51.4 Å². The molecule has 4 amide bonds. The van der Waals surface area contributed by atoms with Gasteiger partial charge in [-0.1, -0.05) is 19.4 Å². The van der Waals surface area contributed by atoms with Crippen molar-refractivity contribution in [3.63, 3.8) is 0 Å². The quantitative estimate of drug-likeness (QED) is 0.438. The summed E-state index contributed by atoms with van der Waals surface area (Å²) in [5, 5.41) is 2.29. The fraction of sp³-hybridized carbons (Fsp3) is 0.474. The number of anilines is 1. The minimum absolute atomic E-state index is 0.0653. The molecule has 150 valence electrons. The standard InChI is InChI=1S/C19H25N5O4/c1-2-4-15(20)23(10-16(21)25)13-6-3-5-11-12(13)9-24(19(11)28)14-7-8-17(26)22-18(14)27/h3,5-6,14-15H,2,4,7-10,20H2,1H3,(H2,21,25)(H,22,26,27). The van der Waals surface area contributed by atoms with Gasteiger partial charge in [-0.25, -0.2) is 0 Å². The molecule has 0 aliphatic carbocycles. The van der Waals surface area contributed by atoms with E-state index in [1.165, 1.54) is 4.90 Å². The molecule has 28 heavy (non-hydrogen) atoms. The van der Waals surface area contributed by atoms with Crippen molar-refractivity contribution in [3.8, 4) is 0 Å². The van der Waals surface area contributed by atoms with E-state index in [0.29, 0.717) is 29.7 Å². The molecule has 2 atom stereocenters. The smallest absolute Gasteiger partial charge is 0.255 e. The van der Waals surface area contributed by atoms with Gasteiger partial charge in [-0.2, -0.15) is 0 Å². The predicted molar refractivity (Wildman–Crippen MR) is 102 cm³/mol. The Hall–Kier alpha value is -2.94. The Bertz CT molecular complexity index is 825. The third-order valence-corrected chi connectivity index (χ3v) is 5.18. The van der Waals surface area contributed by atoms with Crippen molar-refractivity contribution < 1.29 is 19.2 Å². The molecule has 2 aliphatic rings. The van der Waals surface area contributed by atoms with Crippen LogP contribution in [-0.4, -0.2) is 47.3 Å². The molecule has 3 rings (SSSR count). The summed E-state index contributed by atoms with van der Waals surface area (Å²) >= 11 is 0. The highest BCUT2D eigenvalue weighted by Gasteiger charge is 2.40. The number of carbonyl (C=O) groups is 4. The largest absolute Gasteiger partial charge is 0.368 e. The van der Waals surface area contributed by atoms with Crippen LogP contribution in [0.25, 0.3) is 0 Å². The maximum Gasteiger partial charge on any atom is 0.255 e. The highest BCUT2D eigenvalue weighted by Crippen LogP contribution is 2.34. The molecular weight excluding hydrogens is 362 g/mol. The summed E-state index contributed by atoms with van der Waals surface area (Å²) in [5.74, 6) is -1.58. The van der Waals surface area contributed by atoms with Gasteiger partial charge in [0.25, 0.3) is 5.91 Å². The van der Waals surface area contributed by atoms with E-state index in [0.717, 1.165) is 6.42 Å². The molecule has 1 aromatic carbocycles. The molecule has 5 N–H and O–H groups in total. The van der Waals surface area contributed by atoms with Crippen molar-refractivity contribution in [1.29, 1.82) is 0 Å². The van der Waals surface area contributed by atoms with Crippen LogP contribution in [0.3, 0.4) is 0 Å². The first-order valence-electron chi connectivity index (χ1n) is 9.40. The van der Waals surface area contributed by atoms with Gasteiger partial charge in [0.1, 0.15) is 6.04 Å². The second-order valence-corrected chi connectivity index (χ2v) is 7.15. The van der Waals surface area contributed by atoms with Gasteiger partial charge >= 0.3 is 0 Å². The summed E-state index contributed by atoms with van der Waals surface area (Å²) < 4.78 is 0. The average molecular weight is 387 g/mol. The molecule has 2 heterocycles.